The molecule has 1 N–H and O–H groups in total. The Morgan fingerprint density at radius 3 is 2.48 bits per heavy atom. The Morgan fingerprint density at radius 2 is 1.76 bits per heavy atom. The lowest BCUT2D eigenvalue weighted by Crippen LogP contribution is -2.42. The highest BCUT2D eigenvalue weighted by Crippen LogP contribution is 2.45. The fourth-order valence-electron chi connectivity index (χ4n) is 5.00. The first-order valence-corrected chi connectivity index (χ1v) is 8.86. The summed E-state index contributed by atoms with van der Waals surface area (Å²) in [6.07, 6.45) is 14.1. The van der Waals surface area contributed by atoms with E-state index in [1.165, 1.54) is 50.5 Å². The van der Waals surface area contributed by atoms with Gasteiger partial charge in [0.2, 0.25) is 0 Å². The summed E-state index contributed by atoms with van der Waals surface area (Å²) in [6, 6.07) is 4.97. The molecule has 0 saturated heterocycles. The summed E-state index contributed by atoms with van der Waals surface area (Å²) in [5, 5.41) is 3.65. The van der Waals surface area contributed by atoms with E-state index in [4.69, 9.17) is 0 Å². The molecule has 0 spiro atoms. The Bertz CT molecular complexity index is 430. The van der Waals surface area contributed by atoms with E-state index in [1.54, 1.807) is 0 Å². The van der Waals surface area contributed by atoms with Gasteiger partial charge in [0.15, 0.2) is 0 Å². The first kappa shape index (κ1) is 15.0. The molecule has 21 heavy (non-hydrogen) atoms. The molecule has 1 heterocycles. The van der Waals surface area contributed by atoms with Crippen LogP contribution in [0.3, 0.4) is 0 Å². The normalized spacial score (nSPS) is 32.2. The number of aromatic nitrogens is 1. The quantitative estimate of drug-likeness (QED) is 0.888. The van der Waals surface area contributed by atoms with Gasteiger partial charge in [-0.25, -0.2) is 0 Å². The molecule has 2 fully saturated rings. The molecular weight excluding hydrogens is 256 g/mol. The van der Waals surface area contributed by atoms with E-state index >= 15 is 0 Å². The summed E-state index contributed by atoms with van der Waals surface area (Å²) >= 11 is 0. The lowest BCUT2D eigenvalue weighted by molar-refractivity contribution is 0.106. The third-order valence-electron chi connectivity index (χ3n) is 6.19. The third kappa shape index (κ3) is 3.31. The van der Waals surface area contributed by atoms with Gasteiger partial charge < -0.3 is 5.32 Å². The minimum absolute atomic E-state index is 0.572. The van der Waals surface area contributed by atoms with E-state index in [-0.39, 0.29) is 0 Å². The van der Waals surface area contributed by atoms with Crippen molar-refractivity contribution in [3.63, 3.8) is 0 Å². The largest absolute Gasteiger partial charge is 0.316 e. The van der Waals surface area contributed by atoms with Crippen molar-refractivity contribution in [3.05, 3.63) is 30.1 Å². The predicted molar refractivity (Wildman–Crippen MR) is 88.3 cm³/mol. The van der Waals surface area contributed by atoms with Gasteiger partial charge in [0.05, 0.1) is 0 Å². The van der Waals surface area contributed by atoms with Crippen molar-refractivity contribution >= 4 is 0 Å². The maximum absolute atomic E-state index is 4.16. The Kier molecular flexibility index (Phi) is 4.95. The number of nitrogens with zero attached hydrogens (tertiary/aromatic N) is 1. The summed E-state index contributed by atoms with van der Waals surface area (Å²) in [4.78, 5) is 4.16. The van der Waals surface area contributed by atoms with Gasteiger partial charge in [0.25, 0.3) is 0 Å². The number of nitrogens with one attached hydrogen (secondary N) is 1. The molecule has 1 aromatic rings. The Morgan fingerprint density at radius 1 is 1.05 bits per heavy atom. The van der Waals surface area contributed by atoms with E-state index < -0.39 is 0 Å². The molecule has 0 aliphatic heterocycles. The first-order valence-electron chi connectivity index (χ1n) is 8.86. The fourth-order valence-corrected chi connectivity index (χ4v) is 5.00. The monoisotopic (exact) mass is 286 g/mol. The van der Waals surface area contributed by atoms with E-state index in [1.807, 2.05) is 12.4 Å². The molecule has 116 valence electrons. The average Bonchev–Trinajstić information content (AvgIpc) is 2.56. The van der Waals surface area contributed by atoms with Crippen molar-refractivity contribution in [2.24, 2.45) is 17.8 Å². The van der Waals surface area contributed by atoms with Crippen LogP contribution in [0.1, 0.15) is 63.4 Å². The molecule has 2 heteroatoms. The van der Waals surface area contributed by atoms with Crippen molar-refractivity contribution in [3.8, 4) is 0 Å². The standard InChI is InChI=1S/C19H30N2/c1-14(15-9-11-21-12-10-15)19(20-2)18-8-7-16-5-3-4-6-17(16)13-18/h9-12,14,16-20H,3-8,13H2,1-2H3. The van der Waals surface area contributed by atoms with E-state index in [0.717, 1.165) is 17.8 Å². The van der Waals surface area contributed by atoms with Crippen molar-refractivity contribution in [2.75, 3.05) is 7.05 Å². The second-order valence-corrected chi connectivity index (χ2v) is 7.26. The van der Waals surface area contributed by atoms with Crippen LogP contribution in [-0.2, 0) is 0 Å². The number of fused-ring (bicyclic) bond motifs is 1. The summed E-state index contributed by atoms with van der Waals surface area (Å²) in [6.45, 7) is 2.38. The SMILES string of the molecule is CNC(C1CCC2CCCCC2C1)C(C)c1ccncc1. The van der Waals surface area contributed by atoms with Gasteiger partial charge in [0, 0.05) is 18.4 Å². The molecule has 0 radical (unpaired) electrons. The summed E-state index contributed by atoms with van der Waals surface area (Å²) in [7, 11) is 2.15. The number of rotatable bonds is 4. The smallest absolute Gasteiger partial charge is 0.0270 e. The lowest BCUT2D eigenvalue weighted by atomic mass is 9.64. The van der Waals surface area contributed by atoms with Gasteiger partial charge in [-0.3, -0.25) is 4.98 Å². The van der Waals surface area contributed by atoms with Crippen LogP contribution in [0.2, 0.25) is 0 Å². The second kappa shape index (κ2) is 6.91. The molecule has 5 unspecified atom stereocenters. The second-order valence-electron chi connectivity index (χ2n) is 7.26. The molecule has 0 amide bonds. The molecule has 3 rings (SSSR count). The highest BCUT2D eigenvalue weighted by atomic mass is 14.9. The fraction of sp³-hybridized carbons (Fsp3) is 0.737. The van der Waals surface area contributed by atoms with Crippen LogP contribution in [-0.4, -0.2) is 18.1 Å². The van der Waals surface area contributed by atoms with E-state index in [0.29, 0.717) is 12.0 Å². The molecular formula is C19H30N2. The van der Waals surface area contributed by atoms with Gasteiger partial charge in [-0.2, -0.15) is 0 Å². The lowest BCUT2D eigenvalue weighted by Gasteiger charge is -2.43. The number of likely N-dealkylation sites (N-methyl/N-ethyl adjacent to an activating group) is 1. The summed E-state index contributed by atoms with van der Waals surface area (Å²) < 4.78 is 0. The maximum atomic E-state index is 4.16. The van der Waals surface area contributed by atoms with Gasteiger partial charge in [-0.05, 0) is 67.7 Å². The number of hydrogen-bond acceptors (Lipinski definition) is 2. The van der Waals surface area contributed by atoms with Crippen LogP contribution >= 0.6 is 0 Å². The van der Waals surface area contributed by atoms with Crippen molar-refractivity contribution in [1.82, 2.24) is 10.3 Å². The van der Waals surface area contributed by atoms with Gasteiger partial charge >= 0.3 is 0 Å². The highest BCUT2D eigenvalue weighted by Gasteiger charge is 2.36. The van der Waals surface area contributed by atoms with Crippen LogP contribution in [0.5, 0.6) is 0 Å². The highest BCUT2D eigenvalue weighted by molar-refractivity contribution is 5.17. The minimum atomic E-state index is 0.572. The van der Waals surface area contributed by atoms with Crippen LogP contribution in [0.4, 0.5) is 0 Å². The molecule has 2 aliphatic rings. The van der Waals surface area contributed by atoms with E-state index in [2.05, 4.69) is 36.4 Å². The maximum Gasteiger partial charge on any atom is 0.0270 e. The summed E-state index contributed by atoms with van der Waals surface area (Å²) in [5.41, 5.74) is 1.43. The van der Waals surface area contributed by atoms with Gasteiger partial charge in [-0.15, -0.1) is 0 Å². The molecule has 0 aromatic carbocycles. The zero-order valence-electron chi connectivity index (χ0n) is 13.6. The first-order chi connectivity index (χ1) is 10.3. The molecule has 5 atom stereocenters. The zero-order valence-corrected chi connectivity index (χ0v) is 13.6. The number of pyridine rings is 1. The molecule has 0 bridgehead atoms. The topological polar surface area (TPSA) is 24.9 Å². The van der Waals surface area contributed by atoms with Crippen LogP contribution in [0, 0.1) is 17.8 Å². The molecule has 2 saturated carbocycles. The Hall–Kier alpha value is -0.890. The Labute approximate surface area is 129 Å². The minimum Gasteiger partial charge on any atom is -0.316 e. The molecule has 2 nitrogen and oxygen atoms in total. The molecule has 2 aliphatic carbocycles. The number of hydrogen-bond donors (Lipinski definition) is 1. The van der Waals surface area contributed by atoms with Gasteiger partial charge in [-0.1, -0.05) is 32.6 Å². The third-order valence-corrected chi connectivity index (χ3v) is 6.19. The Balaban J connectivity index is 1.68. The summed E-state index contributed by atoms with van der Waals surface area (Å²) in [5.74, 6) is 3.47. The van der Waals surface area contributed by atoms with Crippen LogP contribution in [0.25, 0.3) is 0 Å². The zero-order chi connectivity index (χ0) is 14.7. The van der Waals surface area contributed by atoms with Crippen molar-refractivity contribution < 1.29 is 0 Å². The van der Waals surface area contributed by atoms with Crippen molar-refractivity contribution in [1.29, 1.82) is 0 Å². The van der Waals surface area contributed by atoms with Gasteiger partial charge in [0.1, 0.15) is 0 Å². The van der Waals surface area contributed by atoms with Crippen molar-refractivity contribution in [2.45, 2.75) is 63.8 Å². The van der Waals surface area contributed by atoms with E-state index in [9.17, 15) is 0 Å². The average molecular weight is 286 g/mol. The van der Waals surface area contributed by atoms with Crippen LogP contribution < -0.4 is 5.32 Å². The molecule has 1 aromatic heterocycles. The van der Waals surface area contributed by atoms with Crippen LogP contribution in [0.15, 0.2) is 24.5 Å². The predicted octanol–water partition coefficient (Wildman–Crippen LogP) is 4.38.